The molecule has 0 saturated carbocycles. The van der Waals surface area contributed by atoms with Gasteiger partial charge in [-0.25, -0.2) is 21.6 Å². The van der Waals surface area contributed by atoms with Crippen molar-refractivity contribution in [2.24, 2.45) is 0 Å². The molecule has 4 rings (SSSR count). The molecule has 0 radical (unpaired) electrons. The molecule has 0 saturated heterocycles. The second-order valence-corrected chi connectivity index (χ2v) is 13.3. The Morgan fingerprint density at radius 1 is 0.744 bits per heavy atom. The van der Waals surface area contributed by atoms with Gasteiger partial charge in [-0.05, 0) is 77.6 Å². The van der Waals surface area contributed by atoms with Gasteiger partial charge in [0.25, 0.3) is 0 Å². The number of benzene rings is 4. The van der Waals surface area contributed by atoms with E-state index in [1.54, 1.807) is 24.3 Å². The summed E-state index contributed by atoms with van der Waals surface area (Å²) in [6.45, 7) is 0.0891. The number of aliphatic carboxylic acids is 1. The van der Waals surface area contributed by atoms with Crippen molar-refractivity contribution in [3.05, 3.63) is 95.5 Å². The third-order valence-electron chi connectivity index (χ3n) is 6.18. The molecule has 8 nitrogen and oxygen atoms in total. The van der Waals surface area contributed by atoms with Crippen LogP contribution in [0.2, 0.25) is 0 Å². The molecule has 0 amide bonds. The van der Waals surface area contributed by atoms with Crippen LogP contribution in [0.5, 0.6) is 0 Å². The normalized spacial score (nSPS) is 12.8. The van der Waals surface area contributed by atoms with Crippen molar-refractivity contribution in [1.29, 1.82) is 0 Å². The molecule has 0 spiro atoms. The molecule has 3 N–H and O–H groups in total. The van der Waals surface area contributed by atoms with E-state index in [4.69, 9.17) is 0 Å². The number of carboxylic acids is 1. The molecule has 39 heavy (non-hydrogen) atoms. The lowest BCUT2D eigenvalue weighted by atomic mass is 10.1. The number of sulfonamides is 2. The van der Waals surface area contributed by atoms with Crippen molar-refractivity contribution in [2.75, 3.05) is 6.54 Å². The average Bonchev–Trinajstić information content (AvgIpc) is 2.92. The first-order valence-corrected chi connectivity index (χ1v) is 15.9. The molecule has 0 aliphatic rings. The van der Waals surface area contributed by atoms with E-state index in [9.17, 15) is 26.7 Å². The van der Waals surface area contributed by atoms with Gasteiger partial charge in [0, 0.05) is 11.0 Å². The number of hydrogen-bond acceptors (Lipinski definition) is 5. The fraction of sp³-hybridized carbons (Fsp3) is 0.179. The Balaban J connectivity index is 1.31. The number of rotatable bonds is 12. The lowest BCUT2D eigenvalue weighted by Crippen LogP contribution is -2.40. The van der Waals surface area contributed by atoms with Gasteiger partial charge in [0.1, 0.15) is 6.04 Å². The van der Waals surface area contributed by atoms with Crippen LogP contribution in [0, 0.1) is 0 Å². The van der Waals surface area contributed by atoms with Gasteiger partial charge in [0.2, 0.25) is 20.0 Å². The van der Waals surface area contributed by atoms with Crippen molar-refractivity contribution in [1.82, 2.24) is 9.44 Å². The molecule has 0 bridgehead atoms. The summed E-state index contributed by atoms with van der Waals surface area (Å²) in [7, 11) is -7.82. The molecule has 4 aromatic rings. The van der Waals surface area contributed by atoms with Gasteiger partial charge in [-0.2, -0.15) is 4.72 Å². The SMILES string of the molecule is O=C(O)C(CCCCNS(=O)(=O)c1ccc2ccccc2c1)NS(=O)(=O)c1ccc(-c2ccc(Br)cc2)cc1. The third-order valence-corrected chi connectivity index (χ3v) is 9.66. The van der Waals surface area contributed by atoms with Gasteiger partial charge in [0.05, 0.1) is 9.79 Å². The summed E-state index contributed by atoms with van der Waals surface area (Å²) in [6.07, 6.45) is 0.631. The largest absolute Gasteiger partial charge is 0.480 e. The fourth-order valence-corrected chi connectivity index (χ4v) is 6.65. The molecule has 4 aromatic carbocycles. The van der Waals surface area contributed by atoms with E-state index < -0.39 is 32.1 Å². The van der Waals surface area contributed by atoms with E-state index >= 15 is 0 Å². The van der Waals surface area contributed by atoms with Gasteiger partial charge in [-0.15, -0.1) is 0 Å². The van der Waals surface area contributed by atoms with Crippen LogP contribution in [-0.2, 0) is 24.8 Å². The summed E-state index contributed by atoms with van der Waals surface area (Å²) in [5.74, 6) is -1.30. The average molecular weight is 632 g/mol. The maximum absolute atomic E-state index is 12.8. The number of fused-ring (bicyclic) bond motifs is 1. The molecule has 0 aliphatic carbocycles. The Labute approximate surface area is 236 Å². The summed E-state index contributed by atoms with van der Waals surface area (Å²) in [5, 5.41) is 11.3. The first-order valence-electron chi connectivity index (χ1n) is 12.1. The van der Waals surface area contributed by atoms with Crippen molar-refractivity contribution in [3.63, 3.8) is 0 Å². The van der Waals surface area contributed by atoms with E-state index in [1.807, 2.05) is 48.5 Å². The predicted molar refractivity (Wildman–Crippen MR) is 154 cm³/mol. The molecule has 0 aliphatic heterocycles. The third kappa shape index (κ3) is 7.52. The standard InChI is InChI=1S/C28H27BrN2O6S2/c29-24-13-8-21(9-14-24)22-10-15-25(16-11-22)39(36,37)31-27(28(32)33)7-3-4-18-30-38(34,35)26-17-12-20-5-1-2-6-23(20)19-26/h1-2,5-6,8-17,19,27,30-31H,3-4,7,18H2,(H,32,33). The molecule has 0 fully saturated rings. The zero-order valence-corrected chi connectivity index (χ0v) is 24.0. The maximum atomic E-state index is 12.8. The lowest BCUT2D eigenvalue weighted by molar-refractivity contribution is -0.139. The van der Waals surface area contributed by atoms with Gasteiger partial charge >= 0.3 is 5.97 Å². The highest BCUT2D eigenvalue weighted by atomic mass is 79.9. The number of nitrogens with one attached hydrogen (secondary N) is 2. The minimum absolute atomic E-state index is 0.00322. The van der Waals surface area contributed by atoms with E-state index in [1.165, 1.54) is 18.2 Å². The van der Waals surface area contributed by atoms with Crippen molar-refractivity contribution < 1.29 is 26.7 Å². The van der Waals surface area contributed by atoms with Crippen molar-refractivity contribution in [3.8, 4) is 11.1 Å². The van der Waals surface area contributed by atoms with E-state index in [0.29, 0.717) is 12.8 Å². The summed E-state index contributed by atoms with van der Waals surface area (Å²) in [6, 6.07) is 24.7. The molecule has 0 heterocycles. The minimum atomic E-state index is -4.08. The van der Waals surface area contributed by atoms with Gasteiger partial charge in [-0.1, -0.05) is 70.5 Å². The Kier molecular flexibility index (Phi) is 9.19. The molecule has 1 atom stereocenters. The number of halogens is 1. The summed E-state index contributed by atoms with van der Waals surface area (Å²) in [4.78, 5) is 11.8. The molecule has 11 heteroatoms. The molecular formula is C28H27BrN2O6S2. The Morgan fingerprint density at radius 3 is 1.97 bits per heavy atom. The first kappa shape index (κ1) is 28.9. The molecule has 0 aromatic heterocycles. The van der Waals surface area contributed by atoms with Crippen LogP contribution in [0.1, 0.15) is 19.3 Å². The fourth-order valence-electron chi connectivity index (χ4n) is 4.05. The van der Waals surface area contributed by atoms with Gasteiger partial charge in [0.15, 0.2) is 0 Å². The summed E-state index contributed by atoms with van der Waals surface area (Å²) < 4.78 is 56.7. The van der Waals surface area contributed by atoms with Crippen LogP contribution < -0.4 is 9.44 Å². The van der Waals surface area contributed by atoms with E-state index in [0.717, 1.165) is 26.4 Å². The van der Waals surface area contributed by atoms with Crippen LogP contribution >= 0.6 is 15.9 Å². The highest BCUT2D eigenvalue weighted by Crippen LogP contribution is 2.24. The number of carboxylic acid groups (broad SMARTS) is 1. The zero-order valence-electron chi connectivity index (χ0n) is 20.7. The lowest BCUT2D eigenvalue weighted by Gasteiger charge is -2.15. The monoisotopic (exact) mass is 630 g/mol. The van der Waals surface area contributed by atoms with E-state index in [-0.39, 0.29) is 22.8 Å². The number of unbranched alkanes of at least 4 members (excludes halogenated alkanes) is 1. The van der Waals surface area contributed by atoms with Crippen molar-refractivity contribution >= 4 is 52.7 Å². The molecule has 204 valence electrons. The quantitative estimate of drug-likeness (QED) is 0.186. The topological polar surface area (TPSA) is 130 Å². The number of carbonyl (C=O) groups is 1. The van der Waals surface area contributed by atoms with Crippen LogP contribution in [0.15, 0.2) is 105 Å². The molecule has 1 unspecified atom stereocenters. The van der Waals surface area contributed by atoms with Crippen LogP contribution in [0.4, 0.5) is 0 Å². The summed E-state index contributed by atoms with van der Waals surface area (Å²) in [5.41, 5.74) is 1.73. The highest BCUT2D eigenvalue weighted by Gasteiger charge is 2.25. The van der Waals surface area contributed by atoms with Gasteiger partial charge in [-0.3, -0.25) is 4.79 Å². The maximum Gasteiger partial charge on any atom is 0.321 e. The van der Waals surface area contributed by atoms with E-state index in [2.05, 4.69) is 25.4 Å². The molecular weight excluding hydrogens is 604 g/mol. The Hall–Kier alpha value is -3.09. The predicted octanol–water partition coefficient (Wildman–Crippen LogP) is 5.15. The Bertz CT molecular complexity index is 1670. The number of hydrogen-bond donors (Lipinski definition) is 3. The first-order chi connectivity index (χ1) is 18.5. The highest BCUT2D eigenvalue weighted by molar-refractivity contribution is 9.10. The van der Waals surface area contributed by atoms with Crippen LogP contribution in [0.25, 0.3) is 21.9 Å². The Morgan fingerprint density at radius 2 is 1.33 bits per heavy atom. The zero-order chi connectivity index (χ0) is 28.0. The van der Waals surface area contributed by atoms with Crippen LogP contribution in [-0.4, -0.2) is 40.5 Å². The van der Waals surface area contributed by atoms with Crippen molar-refractivity contribution in [2.45, 2.75) is 35.1 Å². The second kappa shape index (κ2) is 12.4. The summed E-state index contributed by atoms with van der Waals surface area (Å²) >= 11 is 3.38. The smallest absolute Gasteiger partial charge is 0.321 e. The van der Waals surface area contributed by atoms with Gasteiger partial charge < -0.3 is 5.11 Å². The second-order valence-electron chi connectivity index (χ2n) is 8.95. The minimum Gasteiger partial charge on any atom is -0.480 e. The van der Waals surface area contributed by atoms with Crippen LogP contribution in [0.3, 0.4) is 0 Å².